The molecule has 1 aliphatic heterocycles. The number of carbonyl (C=O) groups is 3. The third kappa shape index (κ3) is 55.7. The van der Waals surface area contributed by atoms with Gasteiger partial charge in [0.1, 0.15) is 6.29 Å². The van der Waals surface area contributed by atoms with E-state index in [1.165, 1.54) is 0 Å². The third-order valence-electron chi connectivity index (χ3n) is 1.58. The molecule has 0 unspecified atom stereocenters. The summed E-state index contributed by atoms with van der Waals surface area (Å²) >= 11 is 0. The quantitative estimate of drug-likeness (QED) is 0.463. The lowest BCUT2D eigenvalue weighted by Gasteiger charge is -2.16. The van der Waals surface area contributed by atoms with E-state index in [0.717, 1.165) is 38.1 Å². The molecule has 5 N–H and O–H groups in total. The number of carboxylic acid groups (broad SMARTS) is 4. The van der Waals surface area contributed by atoms with Crippen LogP contribution in [0.25, 0.3) is 0 Å². The van der Waals surface area contributed by atoms with E-state index in [9.17, 15) is 4.79 Å². The Balaban J connectivity index is -0.000000209. The number of piperidine rings is 1. The van der Waals surface area contributed by atoms with Crippen molar-refractivity contribution < 1.29 is 34.8 Å². The molecule has 1 heterocycles. The smallest absolute Gasteiger partial charge is 0.450 e. The second kappa shape index (κ2) is 17.2. The van der Waals surface area contributed by atoms with Crippen molar-refractivity contribution >= 4 is 18.6 Å². The Bertz CT molecular complexity index is 227. The molecule has 8 nitrogen and oxygen atoms in total. The predicted octanol–water partition coefficient (Wildman–Crippen LogP) is 2.29. The van der Waals surface area contributed by atoms with Crippen LogP contribution in [0.15, 0.2) is 0 Å². The minimum absolute atomic E-state index is 0.344. The van der Waals surface area contributed by atoms with Crippen LogP contribution in [0.4, 0.5) is 9.59 Å². The molecule has 0 radical (unpaired) electrons. The lowest BCUT2D eigenvalue weighted by atomic mass is 10.0. The minimum Gasteiger partial charge on any atom is -0.450 e. The Labute approximate surface area is 118 Å². The lowest BCUT2D eigenvalue weighted by Crippen LogP contribution is -2.28. The van der Waals surface area contributed by atoms with Crippen LogP contribution in [-0.4, -0.2) is 52.1 Å². The molecule has 0 bridgehead atoms. The van der Waals surface area contributed by atoms with E-state index in [1.807, 2.05) is 0 Å². The Kier molecular flexibility index (Phi) is 20.0. The summed E-state index contributed by atoms with van der Waals surface area (Å²) in [6, 6.07) is 0. The van der Waals surface area contributed by atoms with Crippen molar-refractivity contribution in [1.29, 1.82) is 0 Å². The van der Waals surface area contributed by atoms with Gasteiger partial charge in [-0.05, 0) is 31.8 Å². The zero-order valence-electron chi connectivity index (χ0n) is 12.1. The van der Waals surface area contributed by atoms with E-state index >= 15 is 0 Å². The average Bonchev–Trinajstić information content (AvgIpc) is 2.28. The second-order valence-electron chi connectivity index (χ2n) is 4.52. The number of hydrogen-bond donors (Lipinski definition) is 5. The number of hydrogen-bond acceptors (Lipinski definition) is 4. The SMILES string of the molecule is CC(C)C.O=C(O)O.O=C(O)O.O=CC1CCNCC1. The maximum atomic E-state index is 10.1. The molecule has 0 aromatic rings. The molecule has 0 spiro atoms. The van der Waals surface area contributed by atoms with Gasteiger partial charge in [-0.15, -0.1) is 0 Å². The molecular weight excluding hydrogens is 270 g/mol. The van der Waals surface area contributed by atoms with E-state index in [1.54, 1.807) is 0 Å². The zero-order chi connectivity index (χ0) is 16.6. The zero-order valence-corrected chi connectivity index (χ0v) is 12.1. The lowest BCUT2D eigenvalue weighted by molar-refractivity contribution is -0.111. The Morgan fingerprint density at radius 1 is 1.00 bits per heavy atom. The Morgan fingerprint density at radius 3 is 1.40 bits per heavy atom. The fourth-order valence-electron chi connectivity index (χ4n) is 0.980. The summed E-state index contributed by atoms with van der Waals surface area (Å²) in [5, 5.41) is 31.1. The summed E-state index contributed by atoms with van der Waals surface area (Å²) in [6.07, 6.45) is -0.534. The highest BCUT2D eigenvalue weighted by Crippen LogP contribution is 2.06. The maximum Gasteiger partial charge on any atom is 0.503 e. The van der Waals surface area contributed by atoms with Gasteiger partial charge in [-0.25, -0.2) is 9.59 Å². The van der Waals surface area contributed by atoms with Crippen molar-refractivity contribution in [1.82, 2.24) is 5.32 Å². The third-order valence-corrected chi connectivity index (χ3v) is 1.58. The van der Waals surface area contributed by atoms with Gasteiger partial charge in [0.2, 0.25) is 0 Å². The normalized spacial score (nSPS) is 13.4. The van der Waals surface area contributed by atoms with Crippen molar-refractivity contribution in [3.05, 3.63) is 0 Å². The number of nitrogens with one attached hydrogen (secondary N) is 1. The number of carbonyl (C=O) groups excluding carboxylic acids is 1. The molecule has 0 atom stereocenters. The van der Waals surface area contributed by atoms with E-state index in [4.69, 9.17) is 30.0 Å². The molecule has 0 aromatic carbocycles. The van der Waals surface area contributed by atoms with Crippen LogP contribution in [0.1, 0.15) is 33.6 Å². The fraction of sp³-hybridized carbons (Fsp3) is 0.750. The number of rotatable bonds is 1. The summed E-state index contributed by atoms with van der Waals surface area (Å²) < 4.78 is 0. The minimum atomic E-state index is -1.83. The molecule has 1 aliphatic rings. The van der Waals surface area contributed by atoms with Crippen molar-refractivity contribution in [2.24, 2.45) is 11.8 Å². The van der Waals surface area contributed by atoms with E-state index in [2.05, 4.69) is 26.1 Å². The first-order chi connectivity index (χ1) is 9.13. The standard InChI is InChI=1S/C6H11NO.C4H10.2CH2O3/c8-5-6-1-3-7-4-2-6;1-4(2)3;2*2-1(3)4/h5-7H,1-4H2;4H,1-3H3;2*(H2,2,3,4). The van der Waals surface area contributed by atoms with Crippen molar-refractivity contribution in [2.75, 3.05) is 13.1 Å². The summed E-state index contributed by atoms with van der Waals surface area (Å²) in [5.74, 6) is 1.18. The Hall–Kier alpha value is -1.83. The van der Waals surface area contributed by atoms with Crippen LogP contribution >= 0.6 is 0 Å². The van der Waals surface area contributed by atoms with Crippen LogP contribution in [0, 0.1) is 11.8 Å². The monoisotopic (exact) mass is 295 g/mol. The van der Waals surface area contributed by atoms with Crippen molar-refractivity contribution in [2.45, 2.75) is 33.6 Å². The van der Waals surface area contributed by atoms with Gasteiger partial charge in [0, 0.05) is 5.92 Å². The van der Waals surface area contributed by atoms with Gasteiger partial charge in [0.25, 0.3) is 0 Å². The molecular formula is C12H25NO7. The molecule has 1 fully saturated rings. The molecule has 20 heavy (non-hydrogen) atoms. The fourth-order valence-corrected chi connectivity index (χ4v) is 0.980. The van der Waals surface area contributed by atoms with E-state index < -0.39 is 12.3 Å². The van der Waals surface area contributed by atoms with E-state index in [0.29, 0.717) is 5.92 Å². The van der Waals surface area contributed by atoms with Gasteiger partial charge in [-0.1, -0.05) is 20.8 Å². The molecule has 0 amide bonds. The van der Waals surface area contributed by atoms with Crippen molar-refractivity contribution in [3.63, 3.8) is 0 Å². The highest BCUT2D eigenvalue weighted by Gasteiger charge is 2.09. The van der Waals surface area contributed by atoms with Crippen LogP contribution in [0.3, 0.4) is 0 Å². The van der Waals surface area contributed by atoms with Crippen LogP contribution < -0.4 is 5.32 Å². The van der Waals surface area contributed by atoms with Crippen molar-refractivity contribution in [3.8, 4) is 0 Å². The summed E-state index contributed by atoms with van der Waals surface area (Å²) in [7, 11) is 0. The molecule has 8 heteroatoms. The highest BCUT2D eigenvalue weighted by molar-refractivity contribution is 5.54. The molecule has 0 saturated carbocycles. The second-order valence-corrected chi connectivity index (χ2v) is 4.52. The summed E-state index contributed by atoms with van der Waals surface area (Å²) in [4.78, 5) is 27.2. The average molecular weight is 295 g/mol. The summed E-state index contributed by atoms with van der Waals surface area (Å²) in [5.41, 5.74) is 0. The largest absolute Gasteiger partial charge is 0.503 e. The molecule has 120 valence electrons. The first kappa shape index (κ1) is 23.3. The van der Waals surface area contributed by atoms with Crippen LogP contribution in [0.2, 0.25) is 0 Å². The highest BCUT2D eigenvalue weighted by atomic mass is 16.6. The van der Waals surface area contributed by atoms with Gasteiger partial charge in [-0.2, -0.15) is 0 Å². The first-order valence-corrected chi connectivity index (χ1v) is 6.13. The van der Waals surface area contributed by atoms with E-state index in [-0.39, 0.29) is 0 Å². The van der Waals surface area contributed by atoms with Gasteiger partial charge in [0.05, 0.1) is 0 Å². The first-order valence-electron chi connectivity index (χ1n) is 6.13. The molecule has 0 aromatic heterocycles. The topological polar surface area (TPSA) is 144 Å². The van der Waals surface area contributed by atoms with Gasteiger partial charge < -0.3 is 30.5 Å². The maximum absolute atomic E-state index is 10.1. The predicted molar refractivity (Wildman–Crippen MR) is 73.5 cm³/mol. The Morgan fingerprint density at radius 2 is 1.25 bits per heavy atom. The van der Waals surface area contributed by atoms with Gasteiger partial charge in [-0.3, -0.25) is 0 Å². The van der Waals surface area contributed by atoms with Crippen LogP contribution in [0.5, 0.6) is 0 Å². The molecule has 1 saturated heterocycles. The van der Waals surface area contributed by atoms with Gasteiger partial charge in [0.15, 0.2) is 0 Å². The van der Waals surface area contributed by atoms with Gasteiger partial charge >= 0.3 is 12.3 Å². The molecule has 0 aliphatic carbocycles. The molecule has 1 rings (SSSR count). The summed E-state index contributed by atoms with van der Waals surface area (Å²) in [6.45, 7) is 8.53. The van der Waals surface area contributed by atoms with Crippen LogP contribution in [-0.2, 0) is 4.79 Å². The number of aldehydes is 1.